The van der Waals surface area contributed by atoms with Crippen LogP contribution in [0.5, 0.6) is 17.2 Å². The van der Waals surface area contributed by atoms with Gasteiger partial charge in [-0.05, 0) is 31.2 Å². The molecule has 0 spiro atoms. The molecule has 8 nitrogen and oxygen atoms in total. The molecule has 0 fully saturated rings. The van der Waals surface area contributed by atoms with E-state index in [1.54, 1.807) is 48.1 Å². The summed E-state index contributed by atoms with van der Waals surface area (Å²) in [5, 5.41) is 2.96. The van der Waals surface area contributed by atoms with Crippen LogP contribution in [0.2, 0.25) is 0 Å². The fourth-order valence-corrected chi connectivity index (χ4v) is 3.93. The molecule has 0 radical (unpaired) electrons. The summed E-state index contributed by atoms with van der Waals surface area (Å²) >= 11 is 0. The number of pyridine rings is 1. The van der Waals surface area contributed by atoms with Crippen molar-refractivity contribution in [2.45, 2.75) is 26.1 Å². The lowest BCUT2D eigenvalue weighted by atomic mass is 10.0. The summed E-state index contributed by atoms with van der Waals surface area (Å²) in [6.45, 7) is 1.24. The number of hydrogen-bond acceptors (Lipinski definition) is 7. The van der Waals surface area contributed by atoms with Gasteiger partial charge in [0.05, 0.1) is 36.0 Å². The number of aromatic nitrogens is 3. The molecule has 0 saturated heterocycles. The Bertz CT molecular complexity index is 1450. The molecule has 4 rings (SSSR count). The lowest BCUT2D eigenvalue weighted by Crippen LogP contribution is -2.12. The summed E-state index contributed by atoms with van der Waals surface area (Å²) in [4.78, 5) is 20.1. The number of anilines is 2. The zero-order valence-electron chi connectivity index (χ0n) is 20.6. The van der Waals surface area contributed by atoms with Crippen molar-refractivity contribution in [1.82, 2.24) is 14.5 Å². The second-order valence-corrected chi connectivity index (χ2v) is 8.37. The van der Waals surface area contributed by atoms with Gasteiger partial charge in [-0.1, -0.05) is 0 Å². The molecular weight excluding hydrogens is 489 g/mol. The van der Waals surface area contributed by atoms with E-state index in [0.29, 0.717) is 34.2 Å². The number of halogens is 3. The van der Waals surface area contributed by atoms with E-state index in [9.17, 15) is 18.0 Å². The van der Waals surface area contributed by atoms with Gasteiger partial charge in [-0.25, -0.2) is 4.98 Å². The molecule has 194 valence electrons. The molecule has 4 aromatic rings. The minimum absolute atomic E-state index is 0.00528. The number of nitrogens with one attached hydrogen (secondary N) is 1. The maximum Gasteiger partial charge on any atom is 0.416 e. The summed E-state index contributed by atoms with van der Waals surface area (Å²) in [6.07, 6.45) is -2.82. The minimum Gasteiger partial charge on any atom is -0.496 e. The minimum atomic E-state index is -4.60. The fraction of sp³-hybridized carbons (Fsp3) is 0.269. The Morgan fingerprint density at radius 2 is 1.84 bits per heavy atom. The number of nitrogens with zero attached hydrogens (tertiary/aromatic N) is 3. The van der Waals surface area contributed by atoms with Gasteiger partial charge in [-0.2, -0.15) is 13.2 Å². The Labute approximate surface area is 211 Å². The van der Waals surface area contributed by atoms with Crippen molar-refractivity contribution in [2.24, 2.45) is 7.05 Å². The molecule has 2 aromatic heterocycles. The first-order valence-corrected chi connectivity index (χ1v) is 11.2. The number of imidazole rings is 1. The van der Waals surface area contributed by atoms with E-state index >= 15 is 0 Å². The molecule has 0 amide bonds. The lowest BCUT2D eigenvalue weighted by Gasteiger charge is -2.18. The number of ketones is 1. The van der Waals surface area contributed by atoms with Crippen LogP contribution in [0.3, 0.4) is 0 Å². The fourth-order valence-electron chi connectivity index (χ4n) is 3.93. The largest absolute Gasteiger partial charge is 0.496 e. The first-order valence-electron chi connectivity index (χ1n) is 11.2. The maximum absolute atomic E-state index is 13.8. The number of Topliss-reactive ketones (excluding diaryl/α,β-unsaturated/α-hetero) is 1. The number of ether oxygens (including phenoxy) is 3. The molecule has 0 atom stereocenters. The predicted molar refractivity (Wildman–Crippen MR) is 131 cm³/mol. The highest BCUT2D eigenvalue weighted by molar-refractivity contribution is 5.81. The average Bonchev–Trinajstić information content (AvgIpc) is 3.13. The Hall–Kier alpha value is -4.12. The van der Waals surface area contributed by atoms with Crippen LogP contribution >= 0.6 is 0 Å². The summed E-state index contributed by atoms with van der Waals surface area (Å²) in [7, 11) is 4.36. The normalized spacial score (nSPS) is 11.5. The van der Waals surface area contributed by atoms with Gasteiger partial charge in [-0.15, -0.1) is 0 Å². The van der Waals surface area contributed by atoms with Gasteiger partial charge in [-0.3, -0.25) is 9.78 Å². The van der Waals surface area contributed by atoms with Gasteiger partial charge in [0.15, 0.2) is 0 Å². The molecule has 2 aromatic carbocycles. The van der Waals surface area contributed by atoms with Crippen molar-refractivity contribution in [2.75, 3.05) is 19.5 Å². The van der Waals surface area contributed by atoms with Gasteiger partial charge in [0.25, 0.3) is 0 Å². The maximum atomic E-state index is 13.8. The van der Waals surface area contributed by atoms with E-state index in [1.807, 2.05) is 0 Å². The molecule has 1 N–H and O–H groups in total. The summed E-state index contributed by atoms with van der Waals surface area (Å²) in [5.41, 5.74) is 1.13. The Morgan fingerprint density at radius 3 is 2.51 bits per heavy atom. The molecule has 37 heavy (non-hydrogen) atoms. The second kappa shape index (κ2) is 10.5. The van der Waals surface area contributed by atoms with E-state index < -0.39 is 11.7 Å². The first kappa shape index (κ1) is 26.0. The van der Waals surface area contributed by atoms with Crippen LogP contribution in [-0.4, -0.2) is 34.5 Å². The average molecular weight is 515 g/mol. The number of hydrogen-bond donors (Lipinski definition) is 1. The highest BCUT2D eigenvalue weighted by Crippen LogP contribution is 2.39. The van der Waals surface area contributed by atoms with Crippen molar-refractivity contribution in [1.29, 1.82) is 0 Å². The summed E-state index contributed by atoms with van der Waals surface area (Å²) in [6, 6.07) is 11.1. The smallest absolute Gasteiger partial charge is 0.416 e. The third-order valence-corrected chi connectivity index (χ3v) is 5.59. The third-order valence-electron chi connectivity index (χ3n) is 5.59. The van der Waals surface area contributed by atoms with Gasteiger partial charge < -0.3 is 24.1 Å². The number of fused-ring (bicyclic) bond motifs is 1. The zero-order chi connectivity index (χ0) is 26.7. The van der Waals surface area contributed by atoms with Gasteiger partial charge in [0.2, 0.25) is 5.95 Å². The molecule has 0 saturated carbocycles. The van der Waals surface area contributed by atoms with Crippen LogP contribution in [0.4, 0.5) is 24.8 Å². The molecule has 0 aliphatic heterocycles. The summed E-state index contributed by atoms with van der Waals surface area (Å²) in [5.74, 6) is 1.42. The summed E-state index contributed by atoms with van der Waals surface area (Å²) < 4.78 is 59.1. The van der Waals surface area contributed by atoms with Crippen LogP contribution in [0.1, 0.15) is 23.7 Å². The van der Waals surface area contributed by atoms with E-state index in [-0.39, 0.29) is 35.8 Å². The Morgan fingerprint density at radius 1 is 1.08 bits per heavy atom. The van der Waals surface area contributed by atoms with E-state index in [0.717, 1.165) is 6.07 Å². The quantitative estimate of drug-likeness (QED) is 0.302. The van der Waals surface area contributed by atoms with Crippen molar-refractivity contribution in [3.63, 3.8) is 0 Å². The molecule has 0 bridgehead atoms. The van der Waals surface area contributed by atoms with Gasteiger partial charge in [0.1, 0.15) is 23.0 Å². The van der Waals surface area contributed by atoms with Crippen molar-refractivity contribution < 1.29 is 32.2 Å². The van der Waals surface area contributed by atoms with Gasteiger partial charge >= 0.3 is 6.18 Å². The van der Waals surface area contributed by atoms with E-state index in [4.69, 9.17) is 14.2 Å². The van der Waals surface area contributed by atoms with Crippen molar-refractivity contribution >= 4 is 28.5 Å². The molecule has 2 heterocycles. The Kier molecular flexibility index (Phi) is 7.35. The molecule has 0 aliphatic rings. The van der Waals surface area contributed by atoms with Gasteiger partial charge in [0, 0.05) is 56.2 Å². The third kappa shape index (κ3) is 5.83. The molecule has 0 unspecified atom stereocenters. The standard InChI is InChI=1S/C26H25F3N4O4/c1-15(34)9-16-10-19(7-8-30-16)37-18-5-6-22-23(13-18)33(2)25(32-22)31-17-11-21(26(27,28)29)20(14-35-3)24(12-17)36-4/h5-8,10-13H,9,14H2,1-4H3,(H,31,32). The van der Waals surface area contributed by atoms with E-state index in [2.05, 4.69) is 15.3 Å². The number of aryl methyl sites for hydroxylation is 1. The number of carbonyl (C=O) groups excluding carboxylic acids is 1. The van der Waals surface area contributed by atoms with Crippen LogP contribution in [0.25, 0.3) is 11.0 Å². The van der Waals surface area contributed by atoms with Crippen LogP contribution in [-0.2, 0) is 35.8 Å². The number of methoxy groups -OCH3 is 2. The molecular formula is C26H25F3N4O4. The Balaban J connectivity index is 1.64. The lowest BCUT2D eigenvalue weighted by molar-refractivity contribution is -0.138. The van der Waals surface area contributed by atoms with Crippen molar-refractivity contribution in [3.05, 3.63) is 65.5 Å². The molecule has 0 aliphatic carbocycles. The highest BCUT2D eigenvalue weighted by atomic mass is 19.4. The van der Waals surface area contributed by atoms with Crippen LogP contribution < -0.4 is 14.8 Å². The number of rotatable bonds is 9. The predicted octanol–water partition coefficient (Wildman–Crippen LogP) is 5.81. The topological polar surface area (TPSA) is 87.5 Å². The van der Waals surface area contributed by atoms with Crippen LogP contribution in [0.15, 0.2) is 48.7 Å². The number of benzene rings is 2. The SMILES string of the molecule is COCc1c(OC)cc(Nc2nc3ccc(Oc4ccnc(CC(C)=O)c4)cc3n2C)cc1C(F)(F)F. The number of alkyl halides is 3. The zero-order valence-corrected chi connectivity index (χ0v) is 20.6. The highest BCUT2D eigenvalue weighted by Gasteiger charge is 2.35. The first-order chi connectivity index (χ1) is 17.6. The monoisotopic (exact) mass is 514 g/mol. The second-order valence-electron chi connectivity index (χ2n) is 8.37. The van der Waals surface area contributed by atoms with Crippen LogP contribution in [0, 0.1) is 0 Å². The number of carbonyl (C=O) groups is 1. The van der Waals surface area contributed by atoms with Crippen molar-refractivity contribution in [3.8, 4) is 17.2 Å². The molecule has 11 heteroatoms. The van der Waals surface area contributed by atoms with E-state index in [1.165, 1.54) is 27.2 Å².